The van der Waals surface area contributed by atoms with E-state index in [1.807, 2.05) is 25.1 Å². The molecule has 1 aliphatic heterocycles. The molecule has 1 aliphatic rings. The summed E-state index contributed by atoms with van der Waals surface area (Å²) in [5, 5.41) is 3.74. The summed E-state index contributed by atoms with van der Waals surface area (Å²) in [6.45, 7) is -0.115. The summed E-state index contributed by atoms with van der Waals surface area (Å²) in [6, 6.07) is 10.6. The average Bonchev–Trinajstić information content (AvgIpc) is 3.16. The summed E-state index contributed by atoms with van der Waals surface area (Å²) < 4.78 is 34.1. The van der Waals surface area contributed by atoms with Crippen LogP contribution in [0.2, 0.25) is 0 Å². The van der Waals surface area contributed by atoms with Crippen molar-refractivity contribution in [2.45, 2.75) is 45.4 Å². The Morgan fingerprint density at radius 1 is 1.08 bits per heavy atom. The van der Waals surface area contributed by atoms with E-state index < -0.39 is 6.61 Å². The van der Waals surface area contributed by atoms with E-state index in [1.165, 1.54) is 4.68 Å². The fraction of sp³-hybridized carbons (Fsp3) is 0.357. The molecule has 39 heavy (non-hydrogen) atoms. The van der Waals surface area contributed by atoms with Crippen molar-refractivity contribution in [3.8, 4) is 16.9 Å². The first kappa shape index (κ1) is 26.3. The molecule has 3 heterocycles. The van der Waals surface area contributed by atoms with E-state index in [4.69, 9.17) is 4.74 Å². The van der Waals surface area contributed by atoms with E-state index in [0.717, 1.165) is 29.5 Å². The normalized spacial score (nSPS) is 15.8. The van der Waals surface area contributed by atoms with Crippen molar-refractivity contribution in [1.82, 2.24) is 24.2 Å². The van der Waals surface area contributed by atoms with Crippen LogP contribution in [-0.2, 0) is 24.8 Å². The molecule has 0 spiro atoms. The number of amides is 1. The summed E-state index contributed by atoms with van der Waals surface area (Å²) in [7, 11) is 3.45. The lowest BCUT2D eigenvalue weighted by atomic mass is 10.1. The second kappa shape index (κ2) is 10.8. The van der Waals surface area contributed by atoms with Crippen molar-refractivity contribution in [2.24, 2.45) is 7.05 Å². The molecular weight excluding hydrogens is 506 g/mol. The predicted molar refractivity (Wildman–Crippen MR) is 144 cm³/mol. The van der Waals surface area contributed by atoms with Gasteiger partial charge < -0.3 is 15.0 Å². The summed E-state index contributed by atoms with van der Waals surface area (Å²) in [5.41, 5.74) is 3.54. The average molecular weight is 537 g/mol. The minimum atomic E-state index is -2.95. The topological polar surface area (TPSA) is 94.3 Å². The number of carbonyl (C=O) groups excluding carboxylic acids is 1. The van der Waals surface area contributed by atoms with Crippen LogP contribution in [0.3, 0.4) is 0 Å². The number of rotatable bonds is 8. The van der Waals surface area contributed by atoms with Gasteiger partial charge in [0.2, 0.25) is 11.9 Å². The van der Waals surface area contributed by atoms with E-state index in [9.17, 15) is 18.4 Å². The van der Waals surface area contributed by atoms with Crippen molar-refractivity contribution in [1.29, 1.82) is 0 Å². The van der Waals surface area contributed by atoms with Gasteiger partial charge in [0.25, 0.3) is 5.56 Å². The lowest BCUT2D eigenvalue weighted by molar-refractivity contribution is -0.132. The van der Waals surface area contributed by atoms with E-state index in [2.05, 4.69) is 15.3 Å². The summed E-state index contributed by atoms with van der Waals surface area (Å²) in [5.74, 6) is 0.614. The molecule has 0 saturated carbocycles. The number of carbonyl (C=O) groups is 1. The van der Waals surface area contributed by atoms with E-state index in [0.29, 0.717) is 35.4 Å². The summed E-state index contributed by atoms with van der Waals surface area (Å²) in [6.07, 6.45) is 5.34. The number of alkyl halides is 2. The highest BCUT2D eigenvalue weighted by Crippen LogP contribution is 2.27. The lowest BCUT2D eigenvalue weighted by Crippen LogP contribution is -2.41. The van der Waals surface area contributed by atoms with Crippen molar-refractivity contribution >= 4 is 22.8 Å². The van der Waals surface area contributed by atoms with Crippen LogP contribution in [0.25, 0.3) is 22.0 Å². The van der Waals surface area contributed by atoms with Gasteiger partial charge in [0.1, 0.15) is 5.75 Å². The zero-order valence-corrected chi connectivity index (χ0v) is 22.0. The summed E-state index contributed by atoms with van der Waals surface area (Å²) >= 11 is 0. The molecule has 1 N–H and O–H groups in total. The smallest absolute Gasteiger partial charge is 0.387 e. The molecule has 1 saturated heterocycles. The number of aryl methyl sites for hydroxylation is 1. The second-order valence-electron chi connectivity index (χ2n) is 9.74. The molecule has 0 radical (unpaired) electrons. The Labute approximate surface area is 224 Å². The van der Waals surface area contributed by atoms with Gasteiger partial charge in [-0.3, -0.25) is 19.0 Å². The molecule has 5 rings (SSSR count). The van der Waals surface area contributed by atoms with Gasteiger partial charge in [-0.2, -0.15) is 8.78 Å². The first-order valence-electron chi connectivity index (χ1n) is 12.8. The molecule has 2 aromatic heterocycles. The molecule has 1 atom stereocenters. The number of hydrogen-bond donors (Lipinski definition) is 1. The molecule has 1 fully saturated rings. The molecule has 1 amide bonds. The molecule has 0 bridgehead atoms. The number of benzene rings is 2. The fourth-order valence-corrected chi connectivity index (χ4v) is 4.89. The van der Waals surface area contributed by atoms with Gasteiger partial charge in [0.15, 0.2) is 0 Å². The van der Waals surface area contributed by atoms with Crippen LogP contribution >= 0.6 is 0 Å². The predicted octanol–water partition coefficient (Wildman–Crippen LogP) is 4.04. The number of ether oxygens (including phenoxy) is 1. The first-order chi connectivity index (χ1) is 18.7. The molecule has 204 valence electrons. The van der Waals surface area contributed by atoms with E-state index in [-0.39, 0.29) is 29.8 Å². The largest absolute Gasteiger partial charge is 0.434 e. The quantitative estimate of drug-likeness (QED) is 0.365. The number of anilines is 1. The van der Waals surface area contributed by atoms with Gasteiger partial charge in [-0.1, -0.05) is 25.1 Å². The van der Waals surface area contributed by atoms with Crippen LogP contribution in [-0.4, -0.2) is 56.4 Å². The standard InChI is InChI=1S/C28H30F2N6O3/c1-4-17-5-8-24(39-27(29)30)19(11-17)16-36-23-12-18(6-7-22(23)26(38)35(36)3)20-14-31-28(32-15-20)33-21-9-10-34(2)25(37)13-21/h5-8,11-12,14-15,21,27H,4,9-10,13,16H2,1-3H3,(H,31,32,33)/t21-/m1/s1. The van der Waals surface area contributed by atoms with Gasteiger partial charge in [-0.05, 0) is 42.2 Å². The molecule has 4 aromatic rings. The van der Waals surface area contributed by atoms with Gasteiger partial charge in [0, 0.05) is 56.6 Å². The van der Waals surface area contributed by atoms with Crippen LogP contribution in [0, 0.1) is 0 Å². The Hall–Kier alpha value is -4.28. The number of nitrogens with one attached hydrogen (secondary N) is 1. The third-order valence-corrected chi connectivity index (χ3v) is 7.21. The second-order valence-corrected chi connectivity index (χ2v) is 9.74. The zero-order chi connectivity index (χ0) is 27.7. The van der Waals surface area contributed by atoms with Crippen LogP contribution in [0.1, 0.15) is 30.9 Å². The highest BCUT2D eigenvalue weighted by Gasteiger charge is 2.23. The molecule has 2 aromatic carbocycles. The minimum Gasteiger partial charge on any atom is -0.434 e. The molecule has 9 nitrogen and oxygen atoms in total. The fourth-order valence-electron chi connectivity index (χ4n) is 4.89. The third kappa shape index (κ3) is 5.47. The Bertz CT molecular complexity index is 1560. The van der Waals surface area contributed by atoms with Crippen molar-refractivity contribution in [3.05, 3.63) is 70.3 Å². The van der Waals surface area contributed by atoms with Crippen LogP contribution in [0.15, 0.2) is 53.6 Å². The number of piperidine rings is 1. The van der Waals surface area contributed by atoms with Gasteiger partial charge >= 0.3 is 6.61 Å². The Kier molecular flexibility index (Phi) is 7.32. The van der Waals surface area contributed by atoms with Crippen molar-refractivity contribution < 1.29 is 18.3 Å². The van der Waals surface area contributed by atoms with Crippen LogP contribution in [0.5, 0.6) is 5.75 Å². The van der Waals surface area contributed by atoms with Crippen molar-refractivity contribution in [3.63, 3.8) is 0 Å². The minimum absolute atomic E-state index is 0.0141. The van der Waals surface area contributed by atoms with Gasteiger partial charge in [-0.25, -0.2) is 9.97 Å². The molecule has 11 heteroatoms. The van der Waals surface area contributed by atoms with Crippen molar-refractivity contribution in [2.75, 3.05) is 18.9 Å². The number of nitrogens with zero attached hydrogens (tertiary/aromatic N) is 5. The Balaban J connectivity index is 1.44. The number of aromatic nitrogens is 4. The first-order valence-corrected chi connectivity index (χ1v) is 12.8. The highest BCUT2D eigenvalue weighted by molar-refractivity contribution is 5.84. The van der Waals surface area contributed by atoms with Gasteiger partial charge in [0.05, 0.1) is 17.4 Å². The SMILES string of the molecule is CCc1ccc(OC(F)F)c(Cn2c3cc(-c4cnc(N[C@@H]5CCN(C)C(=O)C5)nc4)ccc3c(=O)n2C)c1. The molecule has 0 aliphatic carbocycles. The number of likely N-dealkylation sites (tertiary alicyclic amines) is 1. The third-order valence-electron chi connectivity index (χ3n) is 7.21. The molecular formula is C28H30F2N6O3. The highest BCUT2D eigenvalue weighted by atomic mass is 19.3. The molecule has 0 unspecified atom stereocenters. The van der Waals surface area contributed by atoms with Crippen LogP contribution < -0.4 is 15.6 Å². The lowest BCUT2D eigenvalue weighted by Gasteiger charge is -2.29. The summed E-state index contributed by atoms with van der Waals surface area (Å²) in [4.78, 5) is 35.6. The maximum absolute atomic E-state index is 13.1. The maximum atomic E-state index is 13.1. The number of hydrogen-bond acceptors (Lipinski definition) is 6. The zero-order valence-electron chi connectivity index (χ0n) is 22.0. The van der Waals surface area contributed by atoms with Crippen LogP contribution in [0.4, 0.5) is 14.7 Å². The Morgan fingerprint density at radius 2 is 1.85 bits per heavy atom. The number of fused-ring (bicyclic) bond motifs is 1. The Morgan fingerprint density at radius 3 is 2.54 bits per heavy atom. The van der Waals surface area contributed by atoms with E-state index in [1.54, 1.807) is 54.3 Å². The van der Waals surface area contributed by atoms with Gasteiger partial charge in [-0.15, -0.1) is 0 Å². The monoisotopic (exact) mass is 536 g/mol. The maximum Gasteiger partial charge on any atom is 0.387 e. The number of halogens is 2. The van der Waals surface area contributed by atoms with E-state index >= 15 is 0 Å².